The van der Waals surface area contributed by atoms with Crippen LogP contribution in [-0.2, 0) is 6.54 Å². The first kappa shape index (κ1) is 12.7. The minimum atomic E-state index is -0.205. The molecule has 102 valence electrons. The largest absolute Gasteiger partial charge is 0.352 e. The van der Waals surface area contributed by atoms with E-state index < -0.39 is 0 Å². The number of fused-ring (bicyclic) bond motifs is 1. The first-order valence-corrected chi connectivity index (χ1v) is 7.29. The van der Waals surface area contributed by atoms with Gasteiger partial charge in [-0.05, 0) is 24.0 Å². The smallest absolute Gasteiger partial charge is 0.263 e. The molecule has 2 aromatic heterocycles. The molecule has 20 heavy (non-hydrogen) atoms. The van der Waals surface area contributed by atoms with Crippen LogP contribution in [0, 0.1) is 0 Å². The Balaban J connectivity index is 1.77. The second-order valence-electron chi connectivity index (χ2n) is 4.25. The number of hydrogen-bond donors (Lipinski definition) is 3. The van der Waals surface area contributed by atoms with E-state index in [0.717, 1.165) is 5.56 Å². The van der Waals surface area contributed by atoms with Gasteiger partial charge >= 0.3 is 0 Å². The van der Waals surface area contributed by atoms with Crippen molar-refractivity contribution in [2.45, 2.75) is 11.4 Å². The number of nitrogens with one attached hydrogen (secondary N) is 3. The van der Waals surface area contributed by atoms with E-state index in [2.05, 4.69) is 37.6 Å². The molecule has 6 nitrogen and oxygen atoms in total. The van der Waals surface area contributed by atoms with E-state index in [9.17, 15) is 4.79 Å². The van der Waals surface area contributed by atoms with E-state index >= 15 is 0 Å². The van der Waals surface area contributed by atoms with E-state index in [0.29, 0.717) is 23.5 Å². The standard InChI is InChI=1S/C13H13N5OS/c1-20-9-4-2-8(3-5-9)6-14-13-16-11-10(7-15-18-11)12(19)17-13/h2-5,7H,6H2,1H3,(H3,14,15,16,17,18,19). The van der Waals surface area contributed by atoms with Crippen LogP contribution in [-0.4, -0.2) is 26.4 Å². The molecule has 7 heteroatoms. The molecule has 0 spiro atoms. The molecule has 3 rings (SSSR count). The van der Waals surface area contributed by atoms with Crippen molar-refractivity contribution in [2.75, 3.05) is 11.6 Å². The fourth-order valence-electron chi connectivity index (χ4n) is 1.86. The number of benzene rings is 1. The Hall–Kier alpha value is -2.28. The number of anilines is 1. The maximum Gasteiger partial charge on any atom is 0.263 e. The second-order valence-corrected chi connectivity index (χ2v) is 5.13. The molecular formula is C13H13N5OS. The summed E-state index contributed by atoms with van der Waals surface area (Å²) in [5, 5.41) is 10.1. The zero-order chi connectivity index (χ0) is 13.9. The number of aromatic nitrogens is 4. The molecule has 3 aromatic rings. The van der Waals surface area contributed by atoms with Crippen LogP contribution in [0.4, 0.5) is 5.95 Å². The minimum absolute atomic E-state index is 0.205. The number of thioether (sulfide) groups is 1. The normalized spacial score (nSPS) is 10.8. The summed E-state index contributed by atoms with van der Waals surface area (Å²) < 4.78 is 0. The maximum absolute atomic E-state index is 11.8. The first-order valence-electron chi connectivity index (χ1n) is 6.06. The van der Waals surface area contributed by atoms with Gasteiger partial charge in [0.1, 0.15) is 5.39 Å². The van der Waals surface area contributed by atoms with Crippen LogP contribution in [0.15, 0.2) is 40.2 Å². The molecular weight excluding hydrogens is 274 g/mol. The molecule has 2 heterocycles. The highest BCUT2D eigenvalue weighted by Crippen LogP contribution is 2.15. The van der Waals surface area contributed by atoms with Crippen molar-refractivity contribution in [3.63, 3.8) is 0 Å². The van der Waals surface area contributed by atoms with Gasteiger partial charge in [0.15, 0.2) is 5.65 Å². The number of rotatable bonds is 4. The molecule has 0 bridgehead atoms. The average molecular weight is 287 g/mol. The van der Waals surface area contributed by atoms with Crippen molar-refractivity contribution < 1.29 is 0 Å². The van der Waals surface area contributed by atoms with Gasteiger partial charge in [0.25, 0.3) is 5.56 Å². The van der Waals surface area contributed by atoms with Crippen molar-refractivity contribution in [2.24, 2.45) is 0 Å². The van der Waals surface area contributed by atoms with Gasteiger partial charge in [-0.25, -0.2) is 0 Å². The molecule has 0 aliphatic heterocycles. The van der Waals surface area contributed by atoms with Gasteiger partial charge in [0.05, 0.1) is 6.20 Å². The second kappa shape index (κ2) is 5.38. The van der Waals surface area contributed by atoms with Crippen molar-refractivity contribution in [3.8, 4) is 0 Å². The van der Waals surface area contributed by atoms with Gasteiger partial charge in [0.2, 0.25) is 5.95 Å². The predicted molar refractivity (Wildman–Crippen MR) is 80.1 cm³/mol. The van der Waals surface area contributed by atoms with Gasteiger partial charge in [-0.15, -0.1) is 11.8 Å². The minimum Gasteiger partial charge on any atom is -0.352 e. The molecule has 0 unspecified atom stereocenters. The Bertz CT molecular complexity index is 777. The Kier molecular flexibility index (Phi) is 3.42. The summed E-state index contributed by atoms with van der Waals surface area (Å²) in [6.07, 6.45) is 3.51. The van der Waals surface area contributed by atoms with Gasteiger partial charge < -0.3 is 5.32 Å². The third-order valence-electron chi connectivity index (χ3n) is 2.94. The van der Waals surface area contributed by atoms with Gasteiger partial charge in [-0.3, -0.25) is 14.9 Å². The topological polar surface area (TPSA) is 86.5 Å². The first-order chi connectivity index (χ1) is 9.76. The summed E-state index contributed by atoms with van der Waals surface area (Å²) in [6.45, 7) is 0.594. The van der Waals surface area contributed by atoms with E-state index in [4.69, 9.17) is 0 Å². The quantitative estimate of drug-likeness (QED) is 0.639. The molecule has 0 fully saturated rings. The van der Waals surface area contributed by atoms with E-state index in [1.165, 1.54) is 11.1 Å². The van der Waals surface area contributed by atoms with Crippen LogP contribution < -0.4 is 10.9 Å². The SMILES string of the molecule is CSc1ccc(CNc2nc3[nH]ncc3c(=O)[nH]2)cc1. The molecule has 0 aliphatic rings. The van der Waals surface area contributed by atoms with E-state index in [1.54, 1.807) is 11.8 Å². The van der Waals surface area contributed by atoms with Crippen LogP contribution in [0.1, 0.15) is 5.56 Å². The van der Waals surface area contributed by atoms with Gasteiger partial charge in [-0.1, -0.05) is 12.1 Å². The Morgan fingerprint density at radius 1 is 1.30 bits per heavy atom. The number of hydrogen-bond acceptors (Lipinski definition) is 5. The molecule has 1 aromatic carbocycles. The van der Waals surface area contributed by atoms with E-state index in [-0.39, 0.29) is 5.56 Å². The number of nitrogens with zero attached hydrogens (tertiary/aromatic N) is 2. The van der Waals surface area contributed by atoms with Crippen LogP contribution >= 0.6 is 11.8 Å². The van der Waals surface area contributed by atoms with Gasteiger partial charge in [-0.2, -0.15) is 10.1 Å². The van der Waals surface area contributed by atoms with Gasteiger partial charge in [0, 0.05) is 11.4 Å². The molecule has 0 aliphatic carbocycles. The maximum atomic E-state index is 11.8. The van der Waals surface area contributed by atoms with Crippen molar-refractivity contribution in [1.82, 2.24) is 20.2 Å². The lowest BCUT2D eigenvalue weighted by atomic mass is 10.2. The third kappa shape index (κ3) is 2.53. The highest BCUT2D eigenvalue weighted by Gasteiger charge is 2.04. The van der Waals surface area contributed by atoms with Crippen molar-refractivity contribution >= 4 is 28.7 Å². The Morgan fingerprint density at radius 3 is 2.85 bits per heavy atom. The molecule has 0 amide bonds. The summed E-state index contributed by atoms with van der Waals surface area (Å²) >= 11 is 1.70. The Morgan fingerprint density at radius 2 is 2.10 bits per heavy atom. The van der Waals surface area contributed by atoms with Crippen molar-refractivity contribution in [1.29, 1.82) is 0 Å². The summed E-state index contributed by atoms with van der Waals surface area (Å²) in [7, 11) is 0. The van der Waals surface area contributed by atoms with Crippen LogP contribution in [0.5, 0.6) is 0 Å². The summed E-state index contributed by atoms with van der Waals surface area (Å²) in [4.78, 5) is 19.9. The molecule has 3 N–H and O–H groups in total. The fraction of sp³-hybridized carbons (Fsp3) is 0.154. The molecule has 0 atom stereocenters. The number of H-pyrrole nitrogens is 2. The number of aromatic amines is 2. The highest BCUT2D eigenvalue weighted by atomic mass is 32.2. The zero-order valence-corrected chi connectivity index (χ0v) is 11.6. The molecule has 0 saturated carbocycles. The van der Waals surface area contributed by atoms with Crippen LogP contribution in [0.25, 0.3) is 11.0 Å². The summed E-state index contributed by atoms with van der Waals surface area (Å²) in [5.41, 5.74) is 1.40. The zero-order valence-electron chi connectivity index (χ0n) is 10.8. The highest BCUT2D eigenvalue weighted by molar-refractivity contribution is 7.98. The summed E-state index contributed by atoms with van der Waals surface area (Å²) in [5.74, 6) is 0.431. The van der Waals surface area contributed by atoms with Crippen LogP contribution in [0.2, 0.25) is 0 Å². The van der Waals surface area contributed by atoms with E-state index in [1.807, 2.05) is 18.4 Å². The lowest BCUT2D eigenvalue weighted by Crippen LogP contribution is -2.12. The molecule has 0 radical (unpaired) electrons. The predicted octanol–water partition coefficient (Wildman–Crippen LogP) is 1.98. The summed E-state index contributed by atoms with van der Waals surface area (Å²) in [6, 6.07) is 8.23. The Labute approximate surface area is 119 Å². The fourth-order valence-corrected chi connectivity index (χ4v) is 2.27. The average Bonchev–Trinajstić information content (AvgIpc) is 2.94. The lowest BCUT2D eigenvalue weighted by molar-refractivity contribution is 1.04. The molecule has 0 saturated heterocycles. The van der Waals surface area contributed by atoms with Crippen LogP contribution in [0.3, 0.4) is 0 Å². The van der Waals surface area contributed by atoms with Crippen molar-refractivity contribution in [3.05, 3.63) is 46.4 Å². The lowest BCUT2D eigenvalue weighted by Gasteiger charge is -2.06. The third-order valence-corrected chi connectivity index (χ3v) is 3.68. The monoisotopic (exact) mass is 287 g/mol.